The monoisotopic (exact) mass is 487 g/mol. The first kappa shape index (κ1) is 25.9. The van der Waals surface area contributed by atoms with E-state index in [1.165, 1.54) is 12.8 Å². The lowest BCUT2D eigenvalue weighted by Crippen LogP contribution is -2.11. The number of ether oxygens (including phenoxy) is 2. The number of benzene rings is 1. The molecular formula is C25H34ClN5O3. The molecule has 1 aromatic carbocycles. The first-order chi connectivity index (χ1) is 16.3. The Morgan fingerprint density at radius 2 is 2.03 bits per heavy atom. The number of halogens is 1. The normalized spacial score (nSPS) is 15.2. The van der Waals surface area contributed by atoms with E-state index in [2.05, 4.69) is 22.4 Å². The van der Waals surface area contributed by atoms with Crippen LogP contribution in [0, 0.1) is 20.8 Å². The summed E-state index contributed by atoms with van der Waals surface area (Å²) in [5.74, 6) is 2.20. The molecular weight excluding hydrogens is 454 g/mol. The summed E-state index contributed by atoms with van der Waals surface area (Å²) in [5.41, 5.74) is 9.88. The van der Waals surface area contributed by atoms with E-state index in [1.54, 1.807) is 6.07 Å². The molecule has 2 aromatic heterocycles. The van der Waals surface area contributed by atoms with E-state index in [0.29, 0.717) is 52.1 Å². The molecule has 1 aliphatic rings. The van der Waals surface area contributed by atoms with Gasteiger partial charge in [0.2, 0.25) is 0 Å². The molecule has 34 heavy (non-hydrogen) atoms. The van der Waals surface area contributed by atoms with Gasteiger partial charge >= 0.3 is 0 Å². The highest BCUT2D eigenvalue weighted by molar-refractivity contribution is 6.33. The van der Waals surface area contributed by atoms with E-state index < -0.39 is 0 Å². The van der Waals surface area contributed by atoms with E-state index in [4.69, 9.17) is 36.3 Å². The quantitative estimate of drug-likeness (QED) is 0.441. The molecule has 1 saturated heterocycles. The van der Waals surface area contributed by atoms with E-state index in [1.807, 2.05) is 40.0 Å². The van der Waals surface area contributed by atoms with Gasteiger partial charge in [0, 0.05) is 17.7 Å². The Hall–Kier alpha value is -2.68. The van der Waals surface area contributed by atoms with Gasteiger partial charge in [0.25, 0.3) is 0 Å². The van der Waals surface area contributed by atoms with Crippen LogP contribution in [0.25, 0.3) is 22.6 Å². The second kappa shape index (κ2) is 12.1. The Kier molecular flexibility index (Phi) is 9.27. The fraction of sp³-hybridized carbons (Fsp3) is 0.480. The lowest BCUT2D eigenvalue weighted by molar-refractivity contribution is 0.125. The summed E-state index contributed by atoms with van der Waals surface area (Å²) >= 11 is 6.43. The van der Waals surface area contributed by atoms with Gasteiger partial charge in [-0.25, -0.2) is 9.97 Å². The fourth-order valence-corrected chi connectivity index (χ4v) is 3.86. The standard InChI is InChI=1S/C20H24ClN5O2.C5H10O/c1-11-18(17-12(2)26-28-13(17)3)24-20(25-19(11)22)15-10-14(6-7-16(15)21)27-9-5-8-23-4;1-5-3-2-4-6-5/h6-7,10,23H,5,8-9H2,1-4H3,(H2,22,24,25);5H,2-4H2,1H3. The van der Waals surface area contributed by atoms with E-state index in [0.717, 1.165) is 36.4 Å². The first-order valence-corrected chi connectivity index (χ1v) is 12.0. The predicted molar refractivity (Wildman–Crippen MR) is 135 cm³/mol. The number of aryl methyl sites for hydroxylation is 2. The Labute approximate surface area is 206 Å². The van der Waals surface area contributed by atoms with Crippen molar-refractivity contribution < 1.29 is 14.0 Å². The van der Waals surface area contributed by atoms with Crippen LogP contribution in [0.5, 0.6) is 5.75 Å². The SMILES string of the molecule is CC1CCCO1.CNCCCOc1ccc(Cl)c(-c2nc(N)c(C)c(-c3c(C)noc3C)n2)c1. The van der Waals surface area contributed by atoms with Crippen molar-refractivity contribution in [3.63, 3.8) is 0 Å². The fourth-order valence-electron chi connectivity index (χ4n) is 3.66. The van der Waals surface area contributed by atoms with Crippen LogP contribution in [0.1, 0.15) is 43.2 Å². The topological polar surface area (TPSA) is 108 Å². The molecule has 9 heteroatoms. The highest BCUT2D eigenvalue weighted by atomic mass is 35.5. The Balaban J connectivity index is 0.000000469. The molecule has 1 aliphatic heterocycles. The molecule has 1 unspecified atom stereocenters. The number of hydrogen-bond acceptors (Lipinski definition) is 8. The summed E-state index contributed by atoms with van der Waals surface area (Å²) in [4.78, 5) is 9.19. The molecule has 184 valence electrons. The van der Waals surface area contributed by atoms with Crippen molar-refractivity contribution in [1.29, 1.82) is 0 Å². The smallest absolute Gasteiger partial charge is 0.163 e. The molecule has 1 fully saturated rings. The second-order valence-electron chi connectivity index (χ2n) is 8.38. The van der Waals surface area contributed by atoms with Crippen LogP contribution >= 0.6 is 11.6 Å². The number of hydrogen-bond donors (Lipinski definition) is 2. The van der Waals surface area contributed by atoms with Crippen molar-refractivity contribution in [2.24, 2.45) is 0 Å². The van der Waals surface area contributed by atoms with Crippen molar-refractivity contribution in [2.75, 3.05) is 32.5 Å². The zero-order valence-corrected chi connectivity index (χ0v) is 21.3. The zero-order chi connectivity index (χ0) is 24.7. The van der Waals surface area contributed by atoms with Crippen LogP contribution < -0.4 is 15.8 Å². The zero-order valence-electron chi connectivity index (χ0n) is 20.6. The van der Waals surface area contributed by atoms with Gasteiger partial charge in [-0.05, 0) is 78.7 Å². The summed E-state index contributed by atoms with van der Waals surface area (Å²) in [6.45, 7) is 10.2. The molecule has 0 aliphatic carbocycles. The van der Waals surface area contributed by atoms with Crippen LogP contribution in [0.2, 0.25) is 5.02 Å². The molecule has 8 nitrogen and oxygen atoms in total. The van der Waals surface area contributed by atoms with Gasteiger partial charge in [0.15, 0.2) is 5.82 Å². The van der Waals surface area contributed by atoms with Crippen molar-refractivity contribution in [1.82, 2.24) is 20.4 Å². The maximum atomic E-state index is 6.43. The maximum absolute atomic E-state index is 6.43. The lowest BCUT2D eigenvalue weighted by atomic mass is 10.1. The van der Waals surface area contributed by atoms with Crippen LogP contribution in [0.15, 0.2) is 22.7 Å². The van der Waals surface area contributed by atoms with Crippen LogP contribution in [-0.4, -0.2) is 48.0 Å². The van der Waals surface area contributed by atoms with Gasteiger partial charge < -0.3 is 25.0 Å². The number of rotatable bonds is 7. The van der Waals surface area contributed by atoms with Gasteiger partial charge in [-0.1, -0.05) is 16.8 Å². The van der Waals surface area contributed by atoms with Crippen molar-refractivity contribution in [3.8, 4) is 28.4 Å². The largest absolute Gasteiger partial charge is 0.494 e. The molecule has 3 aromatic rings. The van der Waals surface area contributed by atoms with Crippen molar-refractivity contribution in [2.45, 2.75) is 53.1 Å². The Morgan fingerprint density at radius 1 is 1.24 bits per heavy atom. The maximum Gasteiger partial charge on any atom is 0.163 e. The molecule has 3 heterocycles. The van der Waals surface area contributed by atoms with Crippen LogP contribution in [-0.2, 0) is 4.74 Å². The predicted octanol–water partition coefficient (Wildman–Crippen LogP) is 5.13. The highest BCUT2D eigenvalue weighted by Gasteiger charge is 2.20. The Bertz CT molecular complexity index is 1080. The van der Waals surface area contributed by atoms with Crippen molar-refractivity contribution >= 4 is 17.4 Å². The van der Waals surface area contributed by atoms with Crippen LogP contribution in [0.3, 0.4) is 0 Å². The molecule has 0 bridgehead atoms. The molecule has 0 radical (unpaired) electrons. The second-order valence-corrected chi connectivity index (χ2v) is 8.78. The number of aromatic nitrogens is 3. The Morgan fingerprint density at radius 3 is 2.62 bits per heavy atom. The average Bonchev–Trinajstić information content (AvgIpc) is 3.43. The minimum Gasteiger partial charge on any atom is -0.494 e. The van der Waals surface area contributed by atoms with Crippen LogP contribution in [0.4, 0.5) is 5.82 Å². The molecule has 0 spiro atoms. The van der Waals surface area contributed by atoms with Gasteiger partial charge in [0.05, 0.1) is 34.7 Å². The minimum atomic E-state index is 0.386. The number of nitrogens with zero attached hydrogens (tertiary/aromatic N) is 3. The molecule has 0 amide bonds. The summed E-state index contributed by atoms with van der Waals surface area (Å²) in [6.07, 6.45) is 3.98. The third-order valence-corrected chi connectivity index (χ3v) is 5.96. The summed E-state index contributed by atoms with van der Waals surface area (Å²) in [5, 5.41) is 7.64. The average molecular weight is 488 g/mol. The number of nitrogens with two attached hydrogens (primary N) is 1. The number of anilines is 1. The summed E-state index contributed by atoms with van der Waals surface area (Å²) in [6, 6.07) is 5.44. The number of nitrogen functional groups attached to an aromatic ring is 1. The van der Waals surface area contributed by atoms with E-state index >= 15 is 0 Å². The molecule has 3 N–H and O–H groups in total. The van der Waals surface area contributed by atoms with E-state index in [9.17, 15) is 0 Å². The number of nitrogens with one attached hydrogen (secondary N) is 1. The van der Waals surface area contributed by atoms with Gasteiger partial charge in [-0.15, -0.1) is 0 Å². The third-order valence-electron chi connectivity index (χ3n) is 5.63. The molecule has 0 saturated carbocycles. The molecule has 1 atom stereocenters. The summed E-state index contributed by atoms with van der Waals surface area (Å²) < 4.78 is 16.3. The third kappa shape index (κ3) is 6.46. The lowest BCUT2D eigenvalue weighted by Gasteiger charge is -2.12. The molecule has 4 rings (SSSR count). The summed E-state index contributed by atoms with van der Waals surface area (Å²) in [7, 11) is 1.91. The highest BCUT2D eigenvalue weighted by Crippen LogP contribution is 2.35. The van der Waals surface area contributed by atoms with Gasteiger partial charge in [-0.2, -0.15) is 0 Å². The first-order valence-electron chi connectivity index (χ1n) is 11.6. The van der Waals surface area contributed by atoms with Gasteiger partial charge in [-0.3, -0.25) is 0 Å². The van der Waals surface area contributed by atoms with Gasteiger partial charge in [0.1, 0.15) is 17.3 Å². The minimum absolute atomic E-state index is 0.386. The van der Waals surface area contributed by atoms with Crippen molar-refractivity contribution in [3.05, 3.63) is 40.2 Å². The van der Waals surface area contributed by atoms with E-state index in [-0.39, 0.29) is 0 Å².